The molecule has 50 valence electrons. The number of piperidine rings is 1. The molecule has 3 rings (SSSR count). The van der Waals surface area contributed by atoms with Gasteiger partial charge in [-0.25, -0.2) is 0 Å². The van der Waals surface area contributed by atoms with Gasteiger partial charge in [-0.15, -0.1) is 0 Å². The van der Waals surface area contributed by atoms with E-state index < -0.39 is 0 Å². The van der Waals surface area contributed by atoms with E-state index in [0.29, 0.717) is 12.2 Å². The predicted molar refractivity (Wildman–Crippen MR) is 30.9 cm³/mol. The monoisotopic (exact) mass is 127 g/mol. The van der Waals surface area contributed by atoms with Crippen molar-refractivity contribution < 1.29 is 9.53 Å². The maximum atomic E-state index is 10.2. The molecule has 3 heterocycles. The van der Waals surface area contributed by atoms with Crippen molar-refractivity contribution in [2.45, 2.75) is 18.6 Å². The Hall–Kier alpha value is -0.570. The summed E-state index contributed by atoms with van der Waals surface area (Å²) in [5.41, 5.74) is 0. The number of carbonyl (C=O) groups is 1. The quantitative estimate of drug-likeness (QED) is 0.449. The number of rotatable bonds is 1. The third kappa shape index (κ3) is 0.721. The van der Waals surface area contributed by atoms with Crippen LogP contribution in [0, 0.1) is 0 Å². The zero-order chi connectivity index (χ0) is 6.27. The second-order valence-electron chi connectivity index (χ2n) is 2.68. The highest BCUT2D eigenvalue weighted by molar-refractivity contribution is 5.47. The molecule has 0 aliphatic carbocycles. The van der Waals surface area contributed by atoms with Gasteiger partial charge in [-0.05, 0) is 0 Å². The normalized spacial score (nSPS) is 39.8. The number of nitrogens with zero attached hydrogens (tertiary/aromatic N) is 1. The van der Waals surface area contributed by atoms with Crippen LogP contribution in [-0.4, -0.2) is 36.6 Å². The van der Waals surface area contributed by atoms with Gasteiger partial charge in [-0.2, -0.15) is 0 Å². The van der Waals surface area contributed by atoms with Crippen LogP contribution < -0.4 is 0 Å². The summed E-state index contributed by atoms with van der Waals surface area (Å²) < 4.78 is 5.31. The molecule has 0 spiro atoms. The lowest BCUT2D eigenvalue weighted by molar-refractivity contribution is -0.181. The van der Waals surface area contributed by atoms with Crippen LogP contribution in [0.2, 0.25) is 0 Å². The zero-order valence-corrected chi connectivity index (χ0v) is 5.12. The number of amides is 1. The maximum absolute atomic E-state index is 10.2. The highest BCUT2D eigenvalue weighted by atomic mass is 16.5. The molecule has 3 heteroatoms. The minimum atomic E-state index is 0.356. The van der Waals surface area contributed by atoms with Gasteiger partial charge in [0.2, 0.25) is 6.41 Å². The smallest absolute Gasteiger partial charge is 0.209 e. The third-order valence-corrected chi connectivity index (χ3v) is 1.94. The lowest BCUT2D eigenvalue weighted by Gasteiger charge is -2.45. The summed E-state index contributed by atoms with van der Waals surface area (Å²) in [6.45, 7) is 1.61. The molecule has 1 amide bonds. The van der Waals surface area contributed by atoms with Gasteiger partial charge in [0, 0.05) is 19.5 Å². The lowest BCUT2D eigenvalue weighted by Crippen LogP contribution is -2.56. The van der Waals surface area contributed by atoms with Crippen molar-refractivity contribution in [1.29, 1.82) is 0 Å². The first-order chi connectivity index (χ1) is 4.38. The van der Waals surface area contributed by atoms with Crippen LogP contribution >= 0.6 is 0 Å². The SMILES string of the molecule is O=CN1C[C@H]2C[C@@H](C1)O2. The summed E-state index contributed by atoms with van der Waals surface area (Å²) in [6.07, 6.45) is 2.77. The predicted octanol–water partition coefficient (Wildman–Crippen LogP) is -0.384. The van der Waals surface area contributed by atoms with E-state index in [9.17, 15) is 4.79 Å². The van der Waals surface area contributed by atoms with Gasteiger partial charge in [0.1, 0.15) is 0 Å². The van der Waals surface area contributed by atoms with Crippen LogP contribution in [0.5, 0.6) is 0 Å². The van der Waals surface area contributed by atoms with Crippen molar-refractivity contribution in [1.82, 2.24) is 4.90 Å². The molecule has 0 aromatic heterocycles. The second-order valence-corrected chi connectivity index (χ2v) is 2.68. The summed E-state index contributed by atoms with van der Waals surface area (Å²) in [6, 6.07) is 0. The first-order valence-electron chi connectivity index (χ1n) is 3.23. The highest BCUT2D eigenvalue weighted by Crippen LogP contribution is 2.26. The van der Waals surface area contributed by atoms with Gasteiger partial charge >= 0.3 is 0 Å². The summed E-state index contributed by atoms with van der Waals surface area (Å²) in [5.74, 6) is 0. The van der Waals surface area contributed by atoms with Crippen molar-refractivity contribution in [3.63, 3.8) is 0 Å². The van der Waals surface area contributed by atoms with Gasteiger partial charge in [0.15, 0.2) is 0 Å². The first-order valence-corrected chi connectivity index (χ1v) is 3.23. The fraction of sp³-hybridized carbons (Fsp3) is 0.833. The molecular formula is C6H9NO2. The Kier molecular flexibility index (Phi) is 0.990. The first kappa shape index (κ1) is 5.23. The average molecular weight is 127 g/mol. The highest BCUT2D eigenvalue weighted by Gasteiger charge is 2.37. The van der Waals surface area contributed by atoms with E-state index in [0.717, 1.165) is 25.9 Å². The molecular weight excluding hydrogens is 118 g/mol. The Balaban J connectivity index is 1.96. The van der Waals surface area contributed by atoms with Crippen molar-refractivity contribution in [3.8, 4) is 0 Å². The van der Waals surface area contributed by atoms with Crippen LogP contribution in [0.1, 0.15) is 6.42 Å². The second kappa shape index (κ2) is 1.70. The van der Waals surface area contributed by atoms with Gasteiger partial charge in [-0.3, -0.25) is 4.79 Å². The molecule has 0 N–H and O–H groups in total. The molecule has 0 saturated carbocycles. The van der Waals surface area contributed by atoms with Crippen LogP contribution in [0.15, 0.2) is 0 Å². The van der Waals surface area contributed by atoms with Crippen LogP contribution in [0.25, 0.3) is 0 Å². The Bertz CT molecular complexity index is 121. The molecule has 9 heavy (non-hydrogen) atoms. The van der Waals surface area contributed by atoms with E-state index in [4.69, 9.17) is 4.74 Å². The molecule has 0 aromatic carbocycles. The Morgan fingerprint density at radius 3 is 2.33 bits per heavy atom. The van der Waals surface area contributed by atoms with E-state index in [1.807, 2.05) is 0 Å². The maximum Gasteiger partial charge on any atom is 0.209 e. The summed E-state index contributed by atoms with van der Waals surface area (Å²) in [5, 5.41) is 0. The molecule has 2 atom stereocenters. The van der Waals surface area contributed by atoms with Crippen LogP contribution in [0.4, 0.5) is 0 Å². The molecule has 0 radical (unpaired) electrons. The van der Waals surface area contributed by atoms with Crippen molar-refractivity contribution in [2.75, 3.05) is 13.1 Å². The van der Waals surface area contributed by atoms with E-state index in [2.05, 4.69) is 0 Å². The van der Waals surface area contributed by atoms with E-state index >= 15 is 0 Å². The number of hydrogen-bond donors (Lipinski definition) is 0. The summed E-state index contributed by atoms with van der Waals surface area (Å²) in [7, 11) is 0. The summed E-state index contributed by atoms with van der Waals surface area (Å²) in [4.78, 5) is 12.0. The molecule has 0 aromatic rings. The van der Waals surface area contributed by atoms with Gasteiger partial charge in [-0.1, -0.05) is 0 Å². The number of ether oxygens (including phenoxy) is 1. The van der Waals surface area contributed by atoms with Gasteiger partial charge in [0.25, 0.3) is 0 Å². The van der Waals surface area contributed by atoms with Gasteiger partial charge < -0.3 is 9.64 Å². The number of hydrogen-bond acceptors (Lipinski definition) is 2. The molecule has 0 unspecified atom stereocenters. The largest absolute Gasteiger partial charge is 0.371 e. The Morgan fingerprint density at radius 2 is 2.00 bits per heavy atom. The Labute approximate surface area is 53.6 Å². The number of morpholine rings is 1. The topological polar surface area (TPSA) is 29.5 Å². The van der Waals surface area contributed by atoms with E-state index in [1.54, 1.807) is 4.90 Å². The fourth-order valence-corrected chi connectivity index (χ4v) is 1.47. The van der Waals surface area contributed by atoms with Crippen molar-refractivity contribution >= 4 is 6.41 Å². The minimum Gasteiger partial charge on any atom is -0.371 e. The molecule has 3 fully saturated rings. The van der Waals surface area contributed by atoms with Crippen molar-refractivity contribution in [2.24, 2.45) is 0 Å². The molecule has 2 bridgehead atoms. The fourth-order valence-electron chi connectivity index (χ4n) is 1.47. The van der Waals surface area contributed by atoms with Crippen molar-refractivity contribution in [3.05, 3.63) is 0 Å². The standard InChI is InChI=1S/C6H9NO2/c8-4-7-2-5-1-6(3-7)9-5/h4-6H,1-3H2/t5-,6+. The average Bonchev–Trinajstić information content (AvgIpc) is 1.87. The zero-order valence-electron chi connectivity index (χ0n) is 5.12. The van der Waals surface area contributed by atoms with Crippen LogP contribution in [0.3, 0.4) is 0 Å². The van der Waals surface area contributed by atoms with Crippen LogP contribution in [-0.2, 0) is 9.53 Å². The third-order valence-electron chi connectivity index (χ3n) is 1.94. The summed E-state index contributed by atoms with van der Waals surface area (Å²) >= 11 is 0. The minimum absolute atomic E-state index is 0.356. The van der Waals surface area contributed by atoms with E-state index in [-0.39, 0.29) is 0 Å². The lowest BCUT2D eigenvalue weighted by atomic mass is 10.00. The molecule has 3 nitrogen and oxygen atoms in total. The van der Waals surface area contributed by atoms with E-state index in [1.165, 1.54) is 0 Å². The molecule has 3 aliphatic rings. The molecule has 3 aliphatic heterocycles. The molecule has 3 saturated heterocycles. The number of fused-ring (bicyclic) bond motifs is 2. The Morgan fingerprint density at radius 1 is 1.44 bits per heavy atom. The number of carbonyl (C=O) groups excluding carboxylic acids is 1. The van der Waals surface area contributed by atoms with Gasteiger partial charge in [0.05, 0.1) is 12.2 Å².